The van der Waals surface area contributed by atoms with Crippen molar-refractivity contribution in [3.8, 4) is 0 Å². The Hall–Kier alpha value is -2.15. The quantitative estimate of drug-likeness (QED) is 0.323. The standard InChI is InChI=1S/C13H17ClN4O3/c1-21-13(20)3-2-5-16-9-10(8-15)18-6-4-12(19)11(7-14)17-18/h4,6,8-9,15-16H,2-3,5,7H2,1H3/b10-9+,15-8?. The Bertz CT molecular complexity index is 583. The molecule has 0 radical (unpaired) electrons. The van der Waals surface area contributed by atoms with Crippen molar-refractivity contribution in [2.75, 3.05) is 13.7 Å². The maximum atomic E-state index is 11.4. The minimum atomic E-state index is -0.262. The lowest BCUT2D eigenvalue weighted by Crippen LogP contribution is -2.17. The minimum Gasteiger partial charge on any atom is -0.469 e. The lowest BCUT2D eigenvalue weighted by molar-refractivity contribution is -0.140. The van der Waals surface area contributed by atoms with E-state index < -0.39 is 0 Å². The topological polar surface area (TPSA) is 97.1 Å². The first-order valence-corrected chi connectivity index (χ1v) is 6.82. The second-order valence-corrected chi connectivity index (χ2v) is 4.32. The summed E-state index contributed by atoms with van der Waals surface area (Å²) >= 11 is 5.63. The van der Waals surface area contributed by atoms with E-state index in [0.717, 1.165) is 6.21 Å². The van der Waals surface area contributed by atoms with Crippen LogP contribution in [0, 0.1) is 5.41 Å². The van der Waals surface area contributed by atoms with E-state index >= 15 is 0 Å². The van der Waals surface area contributed by atoms with Crippen molar-refractivity contribution >= 4 is 29.5 Å². The average Bonchev–Trinajstić information content (AvgIpc) is 2.51. The third-order valence-corrected chi connectivity index (χ3v) is 2.85. The molecule has 0 saturated heterocycles. The van der Waals surface area contributed by atoms with E-state index in [1.54, 1.807) is 6.20 Å². The molecule has 0 atom stereocenters. The lowest BCUT2D eigenvalue weighted by Gasteiger charge is -2.07. The van der Waals surface area contributed by atoms with Crippen LogP contribution < -0.4 is 10.7 Å². The van der Waals surface area contributed by atoms with Gasteiger partial charge >= 0.3 is 5.97 Å². The van der Waals surface area contributed by atoms with E-state index in [2.05, 4.69) is 15.2 Å². The summed E-state index contributed by atoms with van der Waals surface area (Å²) in [7, 11) is 1.35. The molecule has 2 N–H and O–H groups in total. The van der Waals surface area contributed by atoms with Gasteiger partial charge in [-0.2, -0.15) is 5.10 Å². The number of aromatic nitrogens is 2. The Kier molecular flexibility index (Phi) is 7.17. The van der Waals surface area contributed by atoms with E-state index in [-0.39, 0.29) is 23.0 Å². The highest BCUT2D eigenvalue weighted by atomic mass is 35.5. The van der Waals surface area contributed by atoms with Crippen molar-refractivity contribution < 1.29 is 9.53 Å². The fourth-order valence-corrected chi connectivity index (χ4v) is 1.66. The van der Waals surface area contributed by atoms with Gasteiger partial charge in [0.15, 0.2) is 0 Å². The molecule has 0 aliphatic rings. The van der Waals surface area contributed by atoms with Gasteiger partial charge in [0.05, 0.1) is 18.7 Å². The van der Waals surface area contributed by atoms with Crippen LogP contribution >= 0.6 is 11.6 Å². The molecule has 7 nitrogen and oxygen atoms in total. The number of nitrogens with one attached hydrogen (secondary N) is 2. The molecule has 0 amide bonds. The van der Waals surface area contributed by atoms with Crippen LogP contribution in [0.1, 0.15) is 18.5 Å². The van der Waals surface area contributed by atoms with Gasteiger partial charge in [0.1, 0.15) is 5.69 Å². The maximum Gasteiger partial charge on any atom is 0.305 e. The molecule has 1 rings (SSSR count). The van der Waals surface area contributed by atoms with Crippen LogP contribution in [-0.4, -0.2) is 35.6 Å². The van der Waals surface area contributed by atoms with Crippen LogP contribution in [0.4, 0.5) is 0 Å². The van der Waals surface area contributed by atoms with E-state index in [0.29, 0.717) is 25.1 Å². The molecule has 1 heterocycles. The summed E-state index contributed by atoms with van der Waals surface area (Å²) in [6.07, 6.45) is 5.08. The second-order valence-electron chi connectivity index (χ2n) is 4.05. The average molecular weight is 313 g/mol. The zero-order chi connectivity index (χ0) is 15.7. The summed E-state index contributed by atoms with van der Waals surface area (Å²) in [5.74, 6) is -0.251. The number of carbonyl (C=O) groups is 1. The smallest absolute Gasteiger partial charge is 0.305 e. The predicted octanol–water partition coefficient (Wildman–Crippen LogP) is 0.973. The molecule has 1 aromatic rings. The molecule has 0 unspecified atom stereocenters. The van der Waals surface area contributed by atoms with E-state index in [4.69, 9.17) is 17.0 Å². The Morgan fingerprint density at radius 3 is 3.00 bits per heavy atom. The number of esters is 1. The molecule has 0 fully saturated rings. The van der Waals surface area contributed by atoms with E-state index in [9.17, 15) is 9.59 Å². The number of ether oxygens (including phenoxy) is 1. The van der Waals surface area contributed by atoms with Gasteiger partial charge in [0.2, 0.25) is 5.43 Å². The zero-order valence-corrected chi connectivity index (χ0v) is 12.4. The van der Waals surface area contributed by atoms with Gasteiger partial charge in [-0.25, -0.2) is 4.68 Å². The monoisotopic (exact) mass is 312 g/mol. The van der Waals surface area contributed by atoms with E-state index in [1.165, 1.54) is 24.1 Å². The van der Waals surface area contributed by atoms with Crippen LogP contribution in [0.3, 0.4) is 0 Å². The maximum absolute atomic E-state index is 11.4. The molecule has 0 aromatic carbocycles. The molecule has 0 spiro atoms. The highest BCUT2D eigenvalue weighted by Gasteiger charge is 2.03. The molecular weight excluding hydrogens is 296 g/mol. The number of carbonyl (C=O) groups excluding carboxylic acids is 1. The fraction of sp³-hybridized carbons (Fsp3) is 0.385. The Morgan fingerprint density at radius 2 is 2.38 bits per heavy atom. The first-order chi connectivity index (χ1) is 10.1. The molecule has 21 heavy (non-hydrogen) atoms. The number of hydrogen-bond donors (Lipinski definition) is 2. The van der Waals surface area contributed by atoms with Crippen molar-refractivity contribution in [3.63, 3.8) is 0 Å². The summed E-state index contributed by atoms with van der Waals surface area (Å²) < 4.78 is 5.92. The van der Waals surface area contributed by atoms with Crippen molar-refractivity contribution in [1.29, 1.82) is 5.41 Å². The number of nitrogens with zero attached hydrogens (tertiary/aromatic N) is 2. The highest BCUT2D eigenvalue weighted by Crippen LogP contribution is 1.99. The van der Waals surface area contributed by atoms with E-state index in [1.807, 2.05) is 0 Å². The van der Waals surface area contributed by atoms with Gasteiger partial charge in [0.25, 0.3) is 0 Å². The summed E-state index contributed by atoms with van der Waals surface area (Å²) in [5.41, 5.74) is 0.425. The van der Waals surface area contributed by atoms with Crippen LogP contribution in [0.5, 0.6) is 0 Å². The van der Waals surface area contributed by atoms with Crippen LogP contribution in [0.2, 0.25) is 0 Å². The number of alkyl halides is 1. The molecule has 114 valence electrons. The summed E-state index contributed by atoms with van der Waals surface area (Å²) in [5, 5.41) is 14.4. The van der Waals surface area contributed by atoms with Crippen molar-refractivity contribution in [1.82, 2.24) is 15.1 Å². The zero-order valence-electron chi connectivity index (χ0n) is 11.6. The van der Waals surface area contributed by atoms with Gasteiger partial charge in [0, 0.05) is 37.6 Å². The third-order valence-electron chi connectivity index (χ3n) is 2.60. The van der Waals surface area contributed by atoms with Gasteiger partial charge in [-0.3, -0.25) is 9.59 Å². The van der Waals surface area contributed by atoms with Crippen molar-refractivity contribution in [2.45, 2.75) is 18.7 Å². The minimum absolute atomic E-state index is 0.0114. The Morgan fingerprint density at radius 1 is 1.62 bits per heavy atom. The number of halogens is 1. The predicted molar refractivity (Wildman–Crippen MR) is 80.4 cm³/mol. The summed E-state index contributed by atoms with van der Waals surface area (Å²) in [6, 6.07) is 1.35. The van der Waals surface area contributed by atoms with Crippen LogP contribution in [0.15, 0.2) is 23.3 Å². The van der Waals surface area contributed by atoms with Crippen molar-refractivity contribution in [2.24, 2.45) is 0 Å². The number of rotatable bonds is 8. The molecular formula is C13H17ClN4O3. The molecule has 8 heteroatoms. The van der Waals surface area contributed by atoms with Gasteiger partial charge in [-0.15, -0.1) is 11.6 Å². The SMILES string of the molecule is COC(=O)CCCN/C=C(\C=N)n1ccc(=O)c(CCl)n1. The summed E-state index contributed by atoms with van der Waals surface area (Å²) in [4.78, 5) is 22.3. The fourth-order valence-electron chi connectivity index (χ4n) is 1.47. The second kappa shape index (κ2) is 8.91. The van der Waals surface area contributed by atoms with Crippen LogP contribution in [-0.2, 0) is 15.4 Å². The third kappa shape index (κ3) is 5.39. The largest absolute Gasteiger partial charge is 0.469 e. The number of allylic oxidation sites excluding steroid dienone is 1. The van der Waals surface area contributed by atoms with Crippen LogP contribution in [0.25, 0.3) is 5.70 Å². The molecule has 0 saturated carbocycles. The first kappa shape index (κ1) is 16.9. The first-order valence-electron chi connectivity index (χ1n) is 6.28. The normalized spacial score (nSPS) is 11.0. The Balaban J connectivity index is 2.65. The van der Waals surface area contributed by atoms with Gasteiger partial charge in [-0.05, 0) is 6.42 Å². The number of hydrogen-bond acceptors (Lipinski definition) is 6. The number of methoxy groups -OCH3 is 1. The lowest BCUT2D eigenvalue weighted by atomic mass is 10.3. The molecule has 0 bridgehead atoms. The molecule has 1 aromatic heterocycles. The van der Waals surface area contributed by atoms with Gasteiger partial charge in [-0.1, -0.05) is 0 Å². The summed E-state index contributed by atoms with van der Waals surface area (Å²) in [6.45, 7) is 0.551. The Labute approximate surface area is 127 Å². The molecule has 0 aliphatic heterocycles. The van der Waals surface area contributed by atoms with Crippen molar-refractivity contribution in [3.05, 3.63) is 34.4 Å². The van der Waals surface area contributed by atoms with Gasteiger partial charge < -0.3 is 15.5 Å². The highest BCUT2D eigenvalue weighted by molar-refractivity contribution is 6.16. The molecule has 0 aliphatic carbocycles.